The second-order valence-corrected chi connectivity index (χ2v) is 7.31. The van der Waals surface area contributed by atoms with Gasteiger partial charge in [-0.2, -0.15) is 0 Å². The molecule has 0 aliphatic rings. The van der Waals surface area contributed by atoms with E-state index in [0.717, 1.165) is 6.54 Å². The molecule has 0 aliphatic heterocycles. The molecule has 0 aromatic carbocycles. The van der Waals surface area contributed by atoms with Gasteiger partial charge >= 0.3 is 0 Å². The van der Waals surface area contributed by atoms with E-state index < -0.39 is 10.0 Å². The topological polar surface area (TPSA) is 78.9 Å². The number of thiophene rings is 1. The van der Waals surface area contributed by atoms with E-state index in [0.29, 0.717) is 23.7 Å². The lowest BCUT2D eigenvalue weighted by Crippen LogP contribution is -2.29. The molecular weight excluding hydrogens is 300 g/mol. The van der Waals surface area contributed by atoms with Gasteiger partial charge in [-0.15, -0.1) is 11.3 Å². The molecule has 0 amide bonds. The number of hydrogen-bond acceptors (Lipinski definition) is 6. The number of hydrogen-bond donors (Lipinski definition) is 2. The van der Waals surface area contributed by atoms with Gasteiger partial charge < -0.3 is 14.7 Å². The Kier molecular flexibility index (Phi) is 7.07. The van der Waals surface area contributed by atoms with Gasteiger partial charge in [0, 0.05) is 13.1 Å². The van der Waals surface area contributed by atoms with E-state index in [2.05, 4.69) is 4.72 Å². The fraction of sp³-hybridized carbons (Fsp3) is 0.667. The first-order chi connectivity index (χ1) is 9.38. The number of rotatable bonds is 9. The molecule has 0 unspecified atom stereocenters. The van der Waals surface area contributed by atoms with Gasteiger partial charge in [-0.05, 0) is 32.0 Å². The summed E-state index contributed by atoms with van der Waals surface area (Å²) in [4.78, 5) is 2.65. The average molecular weight is 322 g/mol. The van der Waals surface area contributed by atoms with Crippen LogP contribution in [-0.4, -0.2) is 58.8 Å². The number of aliphatic hydroxyl groups excluding tert-OH is 1. The minimum absolute atomic E-state index is 0.193. The third-order valence-corrected chi connectivity index (χ3v) is 5.53. The van der Waals surface area contributed by atoms with Gasteiger partial charge in [-0.3, -0.25) is 0 Å². The van der Waals surface area contributed by atoms with Crippen molar-refractivity contribution in [2.24, 2.45) is 0 Å². The molecule has 116 valence electrons. The maximum atomic E-state index is 12.2. The SMILES string of the molecule is Cc1csc(CO)c1S(=O)(=O)NCCOCCN(C)C. The molecule has 1 aromatic rings. The van der Waals surface area contributed by atoms with Gasteiger partial charge in [0.15, 0.2) is 0 Å². The van der Waals surface area contributed by atoms with Crippen molar-refractivity contribution in [1.29, 1.82) is 0 Å². The third kappa shape index (κ3) is 5.12. The van der Waals surface area contributed by atoms with Crippen LogP contribution in [-0.2, 0) is 21.4 Å². The van der Waals surface area contributed by atoms with Crippen LogP contribution in [0.5, 0.6) is 0 Å². The Bertz CT molecular complexity index is 512. The number of nitrogens with zero attached hydrogens (tertiary/aromatic N) is 1. The zero-order valence-corrected chi connectivity index (χ0v) is 13.7. The van der Waals surface area contributed by atoms with Crippen molar-refractivity contribution in [3.63, 3.8) is 0 Å². The Morgan fingerprint density at radius 2 is 2.10 bits per heavy atom. The second kappa shape index (κ2) is 8.06. The number of nitrogens with one attached hydrogen (secondary N) is 1. The van der Waals surface area contributed by atoms with E-state index in [1.165, 1.54) is 11.3 Å². The first kappa shape index (κ1) is 17.5. The summed E-state index contributed by atoms with van der Waals surface area (Å²) in [5, 5.41) is 10.9. The normalized spacial score (nSPS) is 12.2. The summed E-state index contributed by atoms with van der Waals surface area (Å²) in [6, 6.07) is 0. The molecule has 1 heterocycles. The van der Waals surface area contributed by atoms with Gasteiger partial charge in [0.05, 0.1) is 24.7 Å². The monoisotopic (exact) mass is 322 g/mol. The molecule has 1 aromatic heterocycles. The molecular formula is C12H22N2O4S2. The Hall–Kier alpha value is -0.510. The lowest BCUT2D eigenvalue weighted by atomic mass is 10.3. The van der Waals surface area contributed by atoms with Gasteiger partial charge in [-0.25, -0.2) is 13.1 Å². The predicted molar refractivity (Wildman–Crippen MR) is 79.5 cm³/mol. The summed E-state index contributed by atoms with van der Waals surface area (Å²) in [7, 11) is 0.309. The number of likely N-dealkylation sites (N-methyl/N-ethyl adjacent to an activating group) is 1. The van der Waals surface area contributed by atoms with E-state index in [1.54, 1.807) is 12.3 Å². The van der Waals surface area contributed by atoms with Crippen LogP contribution >= 0.6 is 11.3 Å². The van der Waals surface area contributed by atoms with Crippen molar-refractivity contribution in [3.05, 3.63) is 15.8 Å². The van der Waals surface area contributed by atoms with Crippen molar-refractivity contribution < 1.29 is 18.3 Å². The minimum Gasteiger partial charge on any atom is -0.391 e. The van der Waals surface area contributed by atoms with Gasteiger partial charge in [-0.1, -0.05) is 0 Å². The highest BCUT2D eigenvalue weighted by molar-refractivity contribution is 7.89. The molecule has 0 saturated heterocycles. The van der Waals surface area contributed by atoms with Crippen LogP contribution in [0.15, 0.2) is 10.3 Å². The summed E-state index contributed by atoms with van der Waals surface area (Å²) >= 11 is 1.25. The second-order valence-electron chi connectivity index (χ2n) is 4.64. The molecule has 1 rings (SSSR count). The Labute approximate surface area is 124 Å². The summed E-state index contributed by atoms with van der Waals surface area (Å²) < 4.78 is 32.1. The summed E-state index contributed by atoms with van der Waals surface area (Å²) in [6.45, 7) is 3.35. The molecule has 0 spiro atoms. The highest BCUT2D eigenvalue weighted by atomic mass is 32.2. The molecule has 6 nitrogen and oxygen atoms in total. The van der Waals surface area contributed by atoms with Crippen LogP contribution in [0, 0.1) is 6.92 Å². The average Bonchev–Trinajstić information content (AvgIpc) is 2.75. The van der Waals surface area contributed by atoms with Crippen LogP contribution in [0.4, 0.5) is 0 Å². The molecule has 0 atom stereocenters. The van der Waals surface area contributed by atoms with E-state index in [-0.39, 0.29) is 18.0 Å². The van der Waals surface area contributed by atoms with Crippen molar-refractivity contribution in [2.75, 3.05) is 40.4 Å². The molecule has 0 aliphatic carbocycles. The summed E-state index contributed by atoms with van der Waals surface area (Å²) in [6.07, 6.45) is 0. The standard InChI is InChI=1S/C12H22N2O4S2/c1-10-9-19-11(8-15)12(10)20(16,17)13-4-6-18-7-5-14(2)3/h9,13,15H,4-8H2,1-3H3. The first-order valence-electron chi connectivity index (χ1n) is 6.28. The number of ether oxygens (including phenoxy) is 1. The lowest BCUT2D eigenvalue weighted by molar-refractivity contribution is 0.122. The number of sulfonamides is 1. The zero-order chi connectivity index (χ0) is 15.2. The zero-order valence-electron chi connectivity index (χ0n) is 12.0. The highest BCUT2D eigenvalue weighted by Crippen LogP contribution is 2.26. The third-order valence-electron chi connectivity index (χ3n) is 2.62. The van der Waals surface area contributed by atoms with Crippen molar-refractivity contribution in [3.8, 4) is 0 Å². The fourth-order valence-corrected chi connectivity index (χ4v) is 4.30. The van der Waals surface area contributed by atoms with Gasteiger partial charge in [0.25, 0.3) is 0 Å². The first-order valence-corrected chi connectivity index (χ1v) is 8.64. The van der Waals surface area contributed by atoms with E-state index >= 15 is 0 Å². The van der Waals surface area contributed by atoms with Crippen molar-refractivity contribution in [1.82, 2.24) is 9.62 Å². The van der Waals surface area contributed by atoms with Crippen LogP contribution in [0.3, 0.4) is 0 Å². The maximum Gasteiger partial charge on any atom is 0.242 e. The maximum absolute atomic E-state index is 12.2. The van der Waals surface area contributed by atoms with Crippen LogP contribution in [0.1, 0.15) is 10.4 Å². The molecule has 0 radical (unpaired) electrons. The van der Waals surface area contributed by atoms with Crippen molar-refractivity contribution in [2.45, 2.75) is 18.4 Å². The largest absolute Gasteiger partial charge is 0.391 e. The van der Waals surface area contributed by atoms with Crippen LogP contribution < -0.4 is 4.72 Å². The molecule has 0 bridgehead atoms. The molecule has 0 fully saturated rings. The van der Waals surface area contributed by atoms with Crippen molar-refractivity contribution >= 4 is 21.4 Å². The van der Waals surface area contributed by atoms with Crippen LogP contribution in [0.25, 0.3) is 0 Å². The smallest absolute Gasteiger partial charge is 0.242 e. The van der Waals surface area contributed by atoms with E-state index in [9.17, 15) is 13.5 Å². The molecule has 8 heteroatoms. The predicted octanol–water partition coefficient (Wildman–Crippen LogP) is 0.405. The minimum atomic E-state index is -3.58. The van der Waals surface area contributed by atoms with Crippen LogP contribution in [0.2, 0.25) is 0 Å². The van der Waals surface area contributed by atoms with E-state index in [1.807, 2.05) is 19.0 Å². The Balaban J connectivity index is 2.48. The number of aliphatic hydroxyl groups is 1. The lowest BCUT2D eigenvalue weighted by Gasteiger charge is -2.11. The highest BCUT2D eigenvalue weighted by Gasteiger charge is 2.22. The molecule has 2 N–H and O–H groups in total. The quantitative estimate of drug-likeness (QED) is 0.644. The summed E-state index contributed by atoms with van der Waals surface area (Å²) in [5.41, 5.74) is 0.653. The molecule has 0 saturated carbocycles. The Morgan fingerprint density at radius 3 is 2.70 bits per heavy atom. The number of aryl methyl sites for hydroxylation is 1. The summed E-state index contributed by atoms with van der Waals surface area (Å²) in [5.74, 6) is 0. The fourth-order valence-electron chi connectivity index (χ4n) is 1.63. The Morgan fingerprint density at radius 1 is 1.40 bits per heavy atom. The van der Waals surface area contributed by atoms with Gasteiger partial charge in [0.2, 0.25) is 10.0 Å². The van der Waals surface area contributed by atoms with E-state index in [4.69, 9.17) is 4.74 Å². The van der Waals surface area contributed by atoms with Gasteiger partial charge in [0.1, 0.15) is 4.90 Å². The molecule has 20 heavy (non-hydrogen) atoms.